The predicted molar refractivity (Wildman–Crippen MR) is 106 cm³/mol. The van der Waals surface area contributed by atoms with Gasteiger partial charge in [0, 0.05) is 0 Å². The molecule has 0 saturated carbocycles. The van der Waals surface area contributed by atoms with E-state index in [-0.39, 0.29) is 21.6 Å². The van der Waals surface area contributed by atoms with Crippen LogP contribution in [0.3, 0.4) is 0 Å². The molecular weight excluding hydrogens is 362 g/mol. The first-order chi connectivity index (χ1) is 12.6. The summed E-state index contributed by atoms with van der Waals surface area (Å²) >= 11 is 0. The molecular formula is C21H25NO4S. The summed E-state index contributed by atoms with van der Waals surface area (Å²) in [7, 11) is -3.87. The van der Waals surface area contributed by atoms with Crippen molar-refractivity contribution < 1.29 is 18.3 Å². The molecule has 27 heavy (non-hydrogen) atoms. The fraction of sp³-hybridized carbons (Fsp3) is 0.381. The Kier molecular flexibility index (Phi) is 5.04. The maximum absolute atomic E-state index is 12.8. The van der Waals surface area contributed by atoms with Gasteiger partial charge in [-0.25, -0.2) is 13.2 Å². The van der Waals surface area contributed by atoms with E-state index in [0.29, 0.717) is 6.42 Å². The highest BCUT2D eigenvalue weighted by Gasteiger charge is 2.25. The number of sulfonamides is 1. The molecule has 0 saturated heterocycles. The van der Waals surface area contributed by atoms with E-state index in [1.165, 1.54) is 0 Å². The Balaban J connectivity index is 1.98. The minimum absolute atomic E-state index is 0.0714. The lowest BCUT2D eigenvalue weighted by molar-refractivity contribution is 0.0696. The molecule has 0 fully saturated rings. The van der Waals surface area contributed by atoms with Crippen LogP contribution in [0, 0.1) is 0 Å². The highest BCUT2D eigenvalue weighted by atomic mass is 32.2. The van der Waals surface area contributed by atoms with Crippen molar-refractivity contribution in [2.75, 3.05) is 4.72 Å². The van der Waals surface area contributed by atoms with Crippen LogP contribution in [0.5, 0.6) is 0 Å². The summed E-state index contributed by atoms with van der Waals surface area (Å²) in [5.74, 6) is -1.10. The Morgan fingerprint density at radius 2 is 1.63 bits per heavy atom. The number of carboxylic acid groups (broad SMARTS) is 1. The molecule has 0 amide bonds. The van der Waals surface area contributed by atoms with Gasteiger partial charge in [0.1, 0.15) is 0 Å². The van der Waals surface area contributed by atoms with Gasteiger partial charge in [0.15, 0.2) is 0 Å². The van der Waals surface area contributed by atoms with E-state index < -0.39 is 16.0 Å². The molecule has 0 spiro atoms. The molecule has 1 aliphatic carbocycles. The SMILES string of the molecule is CC(C)(C)c1ccc(S(=O)(=O)Nc2ccc3c(c2C(=O)O)CCCC3)cc1. The summed E-state index contributed by atoms with van der Waals surface area (Å²) in [4.78, 5) is 12.0. The van der Waals surface area contributed by atoms with Gasteiger partial charge in [-0.05, 0) is 66.0 Å². The minimum Gasteiger partial charge on any atom is -0.478 e. The first-order valence-corrected chi connectivity index (χ1v) is 10.6. The number of hydrogen-bond acceptors (Lipinski definition) is 3. The average molecular weight is 388 g/mol. The number of rotatable bonds is 4. The van der Waals surface area contributed by atoms with Crippen LogP contribution in [0.15, 0.2) is 41.3 Å². The summed E-state index contributed by atoms with van der Waals surface area (Å²) in [5, 5.41) is 9.68. The lowest BCUT2D eigenvalue weighted by Gasteiger charge is -2.21. The smallest absolute Gasteiger partial charge is 0.338 e. The van der Waals surface area contributed by atoms with Crippen LogP contribution < -0.4 is 4.72 Å². The highest BCUT2D eigenvalue weighted by molar-refractivity contribution is 7.92. The van der Waals surface area contributed by atoms with Crippen molar-refractivity contribution in [3.05, 3.63) is 58.7 Å². The first-order valence-electron chi connectivity index (χ1n) is 9.11. The Morgan fingerprint density at radius 1 is 1.00 bits per heavy atom. The van der Waals surface area contributed by atoms with Gasteiger partial charge in [0.05, 0.1) is 16.1 Å². The summed E-state index contributed by atoms with van der Waals surface area (Å²) in [6, 6.07) is 10.1. The number of aromatic carboxylic acids is 1. The second kappa shape index (κ2) is 7.00. The third kappa shape index (κ3) is 4.00. The van der Waals surface area contributed by atoms with Crippen molar-refractivity contribution in [2.45, 2.75) is 56.8 Å². The predicted octanol–water partition coefficient (Wildman–Crippen LogP) is 4.36. The number of aryl methyl sites for hydroxylation is 1. The zero-order valence-electron chi connectivity index (χ0n) is 15.9. The van der Waals surface area contributed by atoms with E-state index >= 15 is 0 Å². The molecule has 3 rings (SSSR count). The summed E-state index contributed by atoms with van der Waals surface area (Å²) in [6.45, 7) is 6.17. The zero-order valence-corrected chi connectivity index (χ0v) is 16.7. The number of hydrogen-bond donors (Lipinski definition) is 2. The van der Waals surface area contributed by atoms with Crippen molar-refractivity contribution in [1.82, 2.24) is 0 Å². The van der Waals surface area contributed by atoms with Crippen molar-refractivity contribution in [3.63, 3.8) is 0 Å². The Hall–Kier alpha value is -2.34. The fourth-order valence-corrected chi connectivity index (χ4v) is 4.57. The quantitative estimate of drug-likeness (QED) is 0.816. The van der Waals surface area contributed by atoms with Gasteiger partial charge in [-0.2, -0.15) is 0 Å². The van der Waals surface area contributed by atoms with Gasteiger partial charge >= 0.3 is 5.97 Å². The molecule has 1 aliphatic rings. The van der Waals surface area contributed by atoms with E-state index in [0.717, 1.165) is 36.0 Å². The molecule has 0 heterocycles. The first kappa shape index (κ1) is 19.4. The van der Waals surface area contributed by atoms with E-state index in [1.807, 2.05) is 6.07 Å². The second-order valence-corrected chi connectivity index (χ2v) is 9.70. The molecule has 2 N–H and O–H groups in total. The largest absolute Gasteiger partial charge is 0.478 e. The summed E-state index contributed by atoms with van der Waals surface area (Å²) in [6.07, 6.45) is 3.43. The van der Waals surface area contributed by atoms with E-state index in [2.05, 4.69) is 25.5 Å². The van der Waals surface area contributed by atoms with Crippen LogP contribution in [0.25, 0.3) is 0 Å². The Morgan fingerprint density at radius 3 is 2.22 bits per heavy atom. The lowest BCUT2D eigenvalue weighted by atomic mass is 9.87. The van der Waals surface area contributed by atoms with Gasteiger partial charge in [0.25, 0.3) is 10.0 Å². The molecule has 2 aromatic rings. The van der Waals surface area contributed by atoms with E-state index in [9.17, 15) is 18.3 Å². The molecule has 0 aromatic heterocycles. The van der Waals surface area contributed by atoms with Crippen LogP contribution in [0.2, 0.25) is 0 Å². The molecule has 144 valence electrons. The Bertz CT molecular complexity index is 970. The van der Waals surface area contributed by atoms with Crippen LogP contribution >= 0.6 is 0 Å². The van der Waals surface area contributed by atoms with Crippen molar-refractivity contribution >= 4 is 21.7 Å². The van der Waals surface area contributed by atoms with Crippen LogP contribution in [-0.4, -0.2) is 19.5 Å². The van der Waals surface area contributed by atoms with Crippen molar-refractivity contribution in [2.24, 2.45) is 0 Å². The zero-order chi connectivity index (χ0) is 19.8. The number of carbonyl (C=O) groups is 1. The number of carboxylic acids is 1. The maximum Gasteiger partial charge on any atom is 0.338 e. The Labute approximate surface area is 160 Å². The number of benzene rings is 2. The molecule has 0 bridgehead atoms. The van der Waals surface area contributed by atoms with Gasteiger partial charge in [0.2, 0.25) is 0 Å². The van der Waals surface area contributed by atoms with E-state index in [4.69, 9.17) is 0 Å². The summed E-state index contributed by atoms with van der Waals surface area (Å²) in [5.41, 5.74) is 2.89. The molecule has 6 heteroatoms. The molecule has 0 radical (unpaired) electrons. The molecule has 0 atom stereocenters. The highest BCUT2D eigenvalue weighted by Crippen LogP contribution is 2.31. The summed E-state index contributed by atoms with van der Waals surface area (Å²) < 4.78 is 28.1. The topological polar surface area (TPSA) is 83.5 Å². The van der Waals surface area contributed by atoms with E-state index in [1.54, 1.807) is 30.3 Å². The van der Waals surface area contributed by atoms with Gasteiger partial charge < -0.3 is 5.11 Å². The molecule has 0 aliphatic heterocycles. The molecule has 0 unspecified atom stereocenters. The molecule has 2 aromatic carbocycles. The lowest BCUT2D eigenvalue weighted by Crippen LogP contribution is -2.19. The minimum atomic E-state index is -3.87. The van der Waals surface area contributed by atoms with Gasteiger partial charge in [-0.15, -0.1) is 0 Å². The monoisotopic (exact) mass is 387 g/mol. The van der Waals surface area contributed by atoms with Gasteiger partial charge in [-0.1, -0.05) is 39.0 Å². The second-order valence-electron chi connectivity index (χ2n) is 8.02. The normalized spacial score (nSPS) is 14.5. The van der Waals surface area contributed by atoms with Crippen LogP contribution in [0.4, 0.5) is 5.69 Å². The molecule has 5 nitrogen and oxygen atoms in total. The van der Waals surface area contributed by atoms with Crippen LogP contribution in [-0.2, 0) is 28.3 Å². The number of anilines is 1. The third-order valence-electron chi connectivity index (χ3n) is 5.02. The average Bonchev–Trinajstić information content (AvgIpc) is 2.60. The van der Waals surface area contributed by atoms with Gasteiger partial charge in [-0.3, -0.25) is 4.72 Å². The number of nitrogens with one attached hydrogen (secondary N) is 1. The standard InChI is InChI=1S/C21H25NO4S/c1-21(2,3)15-9-11-16(12-10-15)27(25,26)22-18-13-8-14-6-4-5-7-17(14)19(18)20(23)24/h8-13,22H,4-7H2,1-3H3,(H,23,24). The van der Waals surface area contributed by atoms with Crippen LogP contribution in [0.1, 0.15) is 60.7 Å². The number of fused-ring (bicyclic) bond motifs is 1. The van der Waals surface area contributed by atoms with Crippen molar-refractivity contribution in [3.8, 4) is 0 Å². The fourth-order valence-electron chi connectivity index (χ4n) is 3.50. The van der Waals surface area contributed by atoms with Crippen molar-refractivity contribution in [1.29, 1.82) is 0 Å². The maximum atomic E-state index is 12.8. The third-order valence-corrected chi connectivity index (χ3v) is 6.40.